The maximum Gasteiger partial charge on any atom is 0.0563 e. The summed E-state index contributed by atoms with van der Waals surface area (Å²) < 4.78 is 0. The van der Waals surface area contributed by atoms with Gasteiger partial charge in [0.2, 0.25) is 0 Å². The Morgan fingerprint density at radius 3 is 2.88 bits per heavy atom. The van der Waals surface area contributed by atoms with Gasteiger partial charge in [0.1, 0.15) is 0 Å². The van der Waals surface area contributed by atoms with Gasteiger partial charge < -0.3 is 5.11 Å². The van der Waals surface area contributed by atoms with Crippen molar-refractivity contribution in [2.45, 2.75) is 6.42 Å². The van der Waals surface area contributed by atoms with Crippen molar-refractivity contribution < 1.29 is 5.11 Å². The van der Waals surface area contributed by atoms with E-state index in [1.807, 2.05) is 0 Å². The Bertz CT molecular complexity index is 78.6. The van der Waals surface area contributed by atoms with Crippen LogP contribution in [0, 0.1) is 0 Å². The molecule has 2 heteroatoms. The molecule has 0 unspecified atom stereocenters. The zero-order valence-corrected chi connectivity index (χ0v) is 4.88. The summed E-state index contributed by atoms with van der Waals surface area (Å²) in [7, 11) is 0. The second-order valence-corrected chi connectivity index (χ2v) is 1.35. The van der Waals surface area contributed by atoms with Gasteiger partial charge in [0.05, 0.1) is 6.54 Å². The van der Waals surface area contributed by atoms with Gasteiger partial charge in [-0.15, -0.1) is 6.58 Å². The van der Waals surface area contributed by atoms with Crippen molar-refractivity contribution in [2.24, 2.45) is 4.99 Å². The van der Waals surface area contributed by atoms with Gasteiger partial charge in [-0.3, -0.25) is 4.99 Å². The molecule has 0 aromatic carbocycles. The van der Waals surface area contributed by atoms with Crippen LogP contribution >= 0.6 is 0 Å². The fourth-order valence-corrected chi connectivity index (χ4v) is 0.298. The molecule has 0 fully saturated rings. The first-order valence-electron chi connectivity index (χ1n) is 2.62. The Balaban J connectivity index is 2.94. The molecule has 2 nitrogen and oxygen atoms in total. The Kier molecular flexibility index (Phi) is 5.87. The van der Waals surface area contributed by atoms with E-state index in [0.29, 0.717) is 13.0 Å². The second kappa shape index (κ2) is 6.37. The third-order valence-electron chi connectivity index (χ3n) is 0.622. The lowest BCUT2D eigenvalue weighted by Crippen LogP contribution is -1.82. The summed E-state index contributed by atoms with van der Waals surface area (Å²) in [4.78, 5) is 3.88. The van der Waals surface area contributed by atoms with Crippen LogP contribution in [0.2, 0.25) is 0 Å². The summed E-state index contributed by atoms with van der Waals surface area (Å²) >= 11 is 0. The Morgan fingerprint density at radius 1 is 1.62 bits per heavy atom. The molecule has 46 valence electrons. The van der Waals surface area contributed by atoms with Gasteiger partial charge in [0.25, 0.3) is 0 Å². The van der Waals surface area contributed by atoms with Crippen LogP contribution in [0.5, 0.6) is 0 Å². The molecule has 0 aromatic rings. The highest BCUT2D eigenvalue weighted by atomic mass is 16.2. The molecule has 1 N–H and O–H groups in total. The summed E-state index contributed by atoms with van der Waals surface area (Å²) in [6.45, 7) is 4.32. The lowest BCUT2D eigenvalue weighted by atomic mass is 10.5. The minimum Gasteiger partial charge on any atom is -0.396 e. The average Bonchev–Trinajstić information content (AvgIpc) is 1.81. The van der Waals surface area contributed by atoms with Crippen molar-refractivity contribution in [3.8, 4) is 0 Å². The van der Waals surface area contributed by atoms with E-state index < -0.39 is 0 Å². The SMILES string of the molecule is C=CCN=CCCO. The highest BCUT2D eigenvalue weighted by Gasteiger charge is 1.70. The molecule has 8 heavy (non-hydrogen) atoms. The van der Waals surface area contributed by atoms with Crippen molar-refractivity contribution in [2.75, 3.05) is 13.2 Å². The normalized spacial score (nSPS) is 10.1. The van der Waals surface area contributed by atoms with E-state index in [-0.39, 0.29) is 6.61 Å². The average molecular weight is 113 g/mol. The molecule has 0 radical (unpaired) electrons. The third kappa shape index (κ3) is 5.37. The van der Waals surface area contributed by atoms with Crippen molar-refractivity contribution in [1.82, 2.24) is 0 Å². The van der Waals surface area contributed by atoms with Crippen molar-refractivity contribution in [3.05, 3.63) is 12.7 Å². The number of nitrogens with zero attached hydrogens (tertiary/aromatic N) is 1. The number of aliphatic hydroxyl groups excluding tert-OH is 1. The first-order chi connectivity index (χ1) is 3.91. The molecule has 0 bridgehead atoms. The maximum absolute atomic E-state index is 8.25. The minimum atomic E-state index is 0.181. The van der Waals surface area contributed by atoms with Gasteiger partial charge >= 0.3 is 0 Å². The molecule has 0 aromatic heterocycles. The van der Waals surface area contributed by atoms with Crippen molar-refractivity contribution in [3.63, 3.8) is 0 Å². The lowest BCUT2D eigenvalue weighted by Gasteiger charge is -1.81. The van der Waals surface area contributed by atoms with Crippen LogP contribution in [0.1, 0.15) is 6.42 Å². The molecule has 0 atom stereocenters. The van der Waals surface area contributed by atoms with Gasteiger partial charge in [0, 0.05) is 19.2 Å². The molecule has 0 saturated heterocycles. The number of hydrogen-bond donors (Lipinski definition) is 1. The van der Waals surface area contributed by atoms with Gasteiger partial charge in [-0.1, -0.05) is 6.08 Å². The van der Waals surface area contributed by atoms with Gasteiger partial charge in [0.15, 0.2) is 0 Å². The van der Waals surface area contributed by atoms with E-state index in [2.05, 4.69) is 11.6 Å². The van der Waals surface area contributed by atoms with Crippen LogP contribution in [0.15, 0.2) is 17.6 Å². The molecule has 0 aliphatic carbocycles. The standard InChI is InChI=1S/C6H11NO/c1-2-4-7-5-3-6-8/h2,5,8H,1,3-4,6H2. The third-order valence-corrected chi connectivity index (χ3v) is 0.622. The number of rotatable bonds is 4. The Labute approximate surface area is 49.6 Å². The summed E-state index contributed by atoms with van der Waals surface area (Å²) in [5, 5.41) is 8.25. The van der Waals surface area contributed by atoms with Crippen LogP contribution in [-0.2, 0) is 0 Å². The Hall–Kier alpha value is -0.630. The smallest absolute Gasteiger partial charge is 0.0563 e. The topological polar surface area (TPSA) is 32.6 Å². The summed E-state index contributed by atoms with van der Waals surface area (Å²) in [5.74, 6) is 0. The zero-order chi connectivity index (χ0) is 6.24. The Morgan fingerprint density at radius 2 is 2.38 bits per heavy atom. The van der Waals surface area contributed by atoms with Gasteiger partial charge in [-0.25, -0.2) is 0 Å². The van der Waals surface area contributed by atoms with Crippen molar-refractivity contribution >= 4 is 6.21 Å². The predicted octanol–water partition coefficient (Wildman–Crippen LogP) is 0.626. The van der Waals surface area contributed by atoms with Crippen LogP contribution in [-0.4, -0.2) is 24.5 Å². The van der Waals surface area contributed by atoms with E-state index in [0.717, 1.165) is 0 Å². The predicted molar refractivity (Wildman–Crippen MR) is 35.3 cm³/mol. The molecule has 0 spiro atoms. The quantitative estimate of drug-likeness (QED) is 0.421. The first-order valence-corrected chi connectivity index (χ1v) is 2.62. The summed E-state index contributed by atoms with van der Waals surface area (Å²) in [5.41, 5.74) is 0. The fraction of sp³-hybridized carbons (Fsp3) is 0.500. The largest absolute Gasteiger partial charge is 0.396 e. The molecule has 0 aliphatic heterocycles. The lowest BCUT2D eigenvalue weighted by molar-refractivity contribution is 0.308. The maximum atomic E-state index is 8.25. The van der Waals surface area contributed by atoms with Crippen LogP contribution in [0.3, 0.4) is 0 Å². The fourth-order valence-electron chi connectivity index (χ4n) is 0.298. The highest BCUT2D eigenvalue weighted by molar-refractivity contribution is 5.57. The van der Waals surface area contributed by atoms with Gasteiger partial charge in [-0.2, -0.15) is 0 Å². The van der Waals surface area contributed by atoms with Crippen LogP contribution in [0.25, 0.3) is 0 Å². The van der Waals surface area contributed by atoms with Crippen molar-refractivity contribution in [1.29, 1.82) is 0 Å². The van der Waals surface area contributed by atoms with E-state index in [1.54, 1.807) is 12.3 Å². The highest BCUT2D eigenvalue weighted by Crippen LogP contribution is 1.71. The summed E-state index contributed by atoms with van der Waals surface area (Å²) in [6, 6.07) is 0. The summed E-state index contributed by atoms with van der Waals surface area (Å²) in [6.07, 6.45) is 4.06. The molecule has 0 rings (SSSR count). The van der Waals surface area contributed by atoms with E-state index in [4.69, 9.17) is 5.11 Å². The zero-order valence-electron chi connectivity index (χ0n) is 4.88. The number of aliphatic imine (C=N–C) groups is 1. The molecule has 0 saturated carbocycles. The number of aliphatic hydroxyl groups is 1. The number of hydrogen-bond acceptors (Lipinski definition) is 2. The first kappa shape index (κ1) is 7.37. The van der Waals surface area contributed by atoms with Crippen LogP contribution in [0.4, 0.5) is 0 Å². The van der Waals surface area contributed by atoms with E-state index in [9.17, 15) is 0 Å². The van der Waals surface area contributed by atoms with E-state index in [1.165, 1.54) is 0 Å². The molecular weight excluding hydrogens is 102 g/mol. The molecule has 0 heterocycles. The minimum absolute atomic E-state index is 0.181. The second-order valence-electron chi connectivity index (χ2n) is 1.35. The monoisotopic (exact) mass is 113 g/mol. The van der Waals surface area contributed by atoms with E-state index >= 15 is 0 Å². The van der Waals surface area contributed by atoms with Crippen LogP contribution < -0.4 is 0 Å². The molecule has 0 amide bonds. The van der Waals surface area contributed by atoms with Gasteiger partial charge in [-0.05, 0) is 0 Å². The molecule has 0 aliphatic rings. The molecular formula is C6H11NO.